The molecule has 0 aliphatic carbocycles. The second-order valence-corrected chi connectivity index (χ2v) is 7.42. The summed E-state index contributed by atoms with van der Waals surface area (Å²) in [5.74, 6) is 2.62. The van der Waals surface area contributed by atoms with Crippen molar-refractivity contribution in [3.63, 3.8) is 0 Å². The number of nitrogens with zero attached hydrogens (tertiary/aromatic N) is 1. The number of benzene rings is 2. The number of fused-ring (bicyclic) bond motifs is 2. The molecule has 2 heterocycles. The molecule has 0 bridgehead atoms. The quantitative estimate of drug-likeness (QED) is 0.364. The standard InChI is InChI=1S/C22H24N2O3S/c1-2-25-20-7-5-6-16-12-18(27-22(16)20)14-23-10-3-4-11-26-17-8-9-21-19(13-17)24-15-28-21/h5-9,12-13,15,23H,2-4,10-11,14H2,1H3. The van der Waals surface area contributed by atoms with Crippen LogP contribution >= 0.6 is 11.3 Å². The van der Waals surface area contributed by atoms with Crippen molar-refractivity contribution in [2.45, 2.75) is 26.3 Å². The first-order valence-electron chi connectivity index (χ1n) is 9.64. The van der Waals surface area contributed by atoms with Gasteiger partial charge in [0.2, 0.25) is 0 Å². The molecule has 4 rings (SSSR count). The van der Waals surface area contributed by atoms with Crippen LogP contribution in [0.25, 0.3) is 21.2 Å². The summed E-state index contributed by atoms with van der Waals surface area (Å²) in [4.78, 5) is 4.32. The predicted molar refractivity (Wildman–Crippen MR) is 113 cm³/mol. The van der Waals surface area contributed by atoms with Gasteiger partial charge in [-0.3, -0.25) is 0 Å². The lowest BCUT2D eigenvalue weighted by Crippen LogP contribution is -2.15. The van der Waals surface area contributed by atoms with E-state index in [1.807, 2.05) is 42.8 Å². The normalized spacial score (nSPS) is 11.3. The van der Waals surface area contributed by atoms with Crippen LogP contribution in [0.1, 0.15) is 25.5 Å². The largest absolute Gasteiger partial charge is 0.494 e. The highest BCUT2D eigenvalue weighted by Crippen LogP contribution is 2.28. The van der Waals surface area contributed by atoms with Crippen molar-refractivity contribution in [1.82, 2.24) is 10.3 Å². The van der Waals surface area contributed by atoms with Gasteiger partial charge in [0.05, 0.1) is 35.5 Å². The molecule has 0 amide bonds. The number of para-hydroxylation sites is 1. The fraction of sp³-hybridized carbons (Fsp3) is 0.318. The van der Waals surface area contributed by atoms with Gasteiger partial charge in [0.15, 0.2) is 11.3 Å². The van der Waals surface area contributed by atoms with E-state index < -0.39 is 0 Å². The lowest BCUT2D eigenvalue weighted by atomic mass is 10.2. The summed E-state index contributed by atoms with van der Waals surface area (Å²) in [5.41, 5.74) is 3.69. The predicted octanol–water partition coefficient (Wildman–Crippen LogP) is 5.39. The Morgan fingerprint density at radius 2 is 2.07 bits per heavy atom. The minimum Gasteiger partial charge on any atom is -0.494 e. The van der Waals surface area contributed by atoms with E-state index in [0.29, 0.717) is 19.8 Å². The average molecular weight is 397 g/mol. The summed E-state index contributed by atoms with van der Waals surface area (Å²) in [6.07, 6.45) is 2.04. The van der Waals surface area contributed by atoms with Gasteiger partial charge in [0.25, 0.3) is 0 Å². The Kier molecular flexibility index (Phi) is 6.09. The molecule has 6 heteroatoms. The zero-order valence-corrected chi connectivity index (χ0v) is 16.8. The van der Waals surface area contributed by atoms with Gasteiger partial charge in [-0.15, -0.1) is 11.3 Å². The summed E-state index contributed by atoms with van der Waals surface area (Å²) < 4.78 is 18.6. The molecule has 0 radical (unpaired) electrons. The Bertz CT molecular complexity index is 1040. The van der Waals surface area contributed by atoms with Gasteiger partial charge in [-0.05, 0) is 50.6 Å². The number of ether oxygens (including phenoxy) is 2. The Labute approximate surface area is 168 Å². The van der Waals surface area contributed by atoms with Gasteiger partial charge in [0.1, 0.15) is 11.5 Å². The number of hydrogen-bond acceptors (Lipinski definition) is 6. The molecule has 0 atom stereocenters. The Morgan fingerprint density at radius 3 is 3.00 bits per heavy atom. The Balaban J connectivity index is 1.17. The van der Waals surface area contributed by atoms with E-state index >= 15 is 0 Å². The molecule has 0 saturated heterocycles. The fourth-order valence-corrected chi connectivity index (χ4v) is 3.79. The average Bonchev–Trinajstić information content (AvgIpc) is 3.34. The van der Waals surface area contributed by atoms with Gasteiger partial charge in [-0.25, -0.2) is 4.98 Å². The Hall–Kier alpha value is -2.57. The summed E-state index contributed by atoms with van der Waals surface area (Å²) in [7, 11) is 0. The zero-order chi connectivity index (χ0) is 19.2. The summed E-state index contributed by atoms with van der Waals surface area (Å²) >= 11 is 1.65. The second kappa shape index (κ2) is 9.08. The van der Waals surface area contributed by atoms with E-state index in [1.54, 1.807) is 11.3 Å². The second-order valence-electron chi connectivity index (χ2n) is 6.53. The van der Waals surface area contributed by atoms with Crippen LogP contribution in [-0.4, -0.2) is 24.7 Å². The van der Waals surface area contributed by atoms with Crippen molar-refractivity contribution in [3.05, 3.63) is 53.7 Å². The molecule has 0 fully saturated rings. The molecule has 0 unspecified atom stereocenters. The van der Waals surface area contributed by atoms with Crippen LogP contribution in [0.2, 0.25) is 0 Å². The van der Waals surface area contributed by atoms with Gasteiger partial charge in [-0.1, -0.05) is 12.1 Å². The first-order valence-corrected chi connectivity index (χ1v) is 10.5. The van der Waals surface area contributed by atoms with E-state index in [2.05, 4.69) is 22.4 Å². The lowest BCUT2D eigenvalue weighted by Gasteiger charge is -2.06. The smallest absolute Gasteiger partial charge is 0.176 e. The van der Waals surface area contributed by atoms with Crippen LogP contribution in [0.5, 0.6) is 11.5 Å². The molecular formula is C22H24N2O3S. The van der Waals surface area contributed by atoms with Crippen molar-refractivity contribution >= 4 is 32.5 Å². The molecule has 2 aromatic heterocycles. The molecule has 0 aliphatic rings. The monoisotopic (exact) mass is 396 g/mol. The molecule has 146 valence electrons. The number of thiazole rings is 1. The molecule has 2 aromatic carbocycles. The minimum atomic E-state index is 0.632. The maximum Gasteiger partial charge on any atom is 0.176 e. The maximum absolute atomic E-state index is 5.95. The topological polar surface area (TPSA) is 56.5 Å². The highest BCUT2D eigenvalue weighted by molar-refractivity contribution is 7.16. The van der Waals surface area contributed by atoms with E-state index in [-0.39, 0.29) is 0 Å². The lowest BCUT2D eigenvalue weighted by molar-refractivity contribution is 0.305. The number of furan rings is 1. The molecule has 4 aromatic rings. The number of nitrogens with one attached hydrogen (secondary N) is 1. The molecular weight excluding hydrogens is 372 g/mol. The molecule has 28 heavy (non-hydrogen) atoms. The fourth-order valence-electron chi connectivity index (χ4n) is 3.13. The molecule has 1 N–H and O–H groups in total. The third kappa shape index (κ3) is 4.46. The van der Waals surface area contributed by atoms with Gasteiger partial charge in [-0.2, -0.15) is 0 Å². The van der Waals surface area contributed by atoms with E-state index in [0.717, 1.165) is 53.1 Å². The third-order valence-electron chi connectivity index (χ3n) is 4.48. The van der Waals surface area contributed by atoms with Crippen molar-refractivity contribution in [2.24, 2.45) is 0 Å². The first kappa shape index (κ1) is 18.8. The molecule has 5 nitrogen and oxygen atoms in total. The summed E-state index contributed by atoms with van der Waals surface area (Å²) in [6, 6.07) is 14.1. The van der Waals surface area contributed by atoms with Crippen LogP contribution in [0.3, 0.4) is 0 Å². The summed E-state index contributed by atoms with van der Waals surface area (Å²) in [5, 5.41) is 4.51. The van der Waals surface area contributed by atoms with Gasteiger partial charge < -0.3 is 19.2 Å². The maximum atomic E-state index is 5.95. The zero-order valence-electron chi connectivity index (χ0n) is 15.9. The van der Waals surface area contributed by atoms with Gasteiger partial charge >= 0.3 is 0 Å². The number of rotatable bonds is 10. The highest BCUT2D eigenvalue weighted by Gasteiger charge is 2.08. The van der Waals surface area contributed by atoms with E-state index in [1.165, 1.54) is 4.70 Å². The van der Waals surface area contributed by atoms with Crippen LogP contribution in [0.15, 0.2) is 52.4 Å². The van der Waals surface area contributed by atoms with Crippen molar-refractivity contribution in [1.29, 1.82) is 0 Å². The van der Waals surface area contributed by atoms with Crippen molar-refractivity contribution < 1.29 is 13.9 Å². The SMILES string of the molecule is CCOc1cccc2cc(CNCCCCOc3ccc4scnc4c3)oc12. The third-order valence-corrected chi connectivity index (χ3v) is 5.29. The number of hydrogen-bond donors (Lipinski definition) is 1. The van der Waals surface area contributed by atoms with Crippen LogP contribution in [0.4, 0.5) is 0 Å². The van der Waals surface area contributed by atoms with Crippen LogP contribution in [0, 0.1) is 0 Å². The highest BCUT2D eigenvalue weighted by atomic mass is 32.1. The van der Waals surface area contributed by atoms with Crippen molar-refractivity contribution in [2.75, 3.05) is 19.8 Å². The van der Waals surface area contributed by atoms with E-state index in [4.69, 9.17) is 13.9 Å². The van der Waals surface area contributed by atoms with Crippen LogP contribution in [-0.2, 0) is 6.54 Å². The Morgan fingerprint density at radius 1 is 1.11 bits per heavy atom. The number of aromatic nitrogens is 1. The molecule has 0 saturated carbocycles. The first-order chi connectivity index (χ1) is 13.8. The summed E-state index contributed by atoms with van der Waals surface area (Å²) in [6.45, 7) is 4.95. The van der Waals surface area contributed by atoms with E-state index in [9.17, 15) is 0 Å². The molecule has 0 spiro atoms. The van der Waals surface area contributed by atoms with Gasteiger partial charge in [0, 0.05) is 11.5 Å². The minimum absolute atomic E-state index is 0.632. The number of unbranched alkanes of at least 4 members (excludes halogenated alkanes) is 1. The van der Waals surface area contributed by atoms with Crippen LogP contribution < -0.4 is 14.8 Å². The molecule has 0 aliphatic heterocycles. The van der Waals surface area contributed by atoms with Crippen molar-refractivity contribution in [3.8, 4) is 11.5 Å².